The highest BCUT2D eigenvalue weighted by Crippen LogP contribution is 2.32. The summed E-state index contributed by atoms with van der Waals surface area (Å²) in [6.07, 6.45) is 0.552. The normalized spacial score (nSPS) is 17.7. The summed E-state index contributed by atoms with van der Waals surface area (Å²) in [4.78, 5) is 10.8. The van der Waals surface area contributed by atoms with Gasteiger partial charge in [-0.2, -0.15) is 4.31 Å². The van der Waals surface area contributed by atoms with E-state index in [-0.39, 0.29) is 10.3 Å². The summed E-state index contributed by atoms with van der Waals surface area (Å²) in [5.41, 5.74) is 0.952. The molecule has 0 amide bonds. The number of sulfonamides is 1. The monoisotopic (exact) mass is 427 g/mol. The van der Waals surface area contributed by atoms with Crippen molar-refractivity contribution in [2.75, 3.05) is 18.9 Å². The van der Waals surface area contributed by atoms with E-state index in [4.69, 9.17) is 21.4 Å². The van der Waals surface area contributed by atoms with E-state index in [1.165, 1.54) is 16.4 Å². The van der Waals surface area contributed by atoms with Gasteiger partial charge in [-0.1, -0.05) is 23.7 Å². The van der Waals surface area contributed by atoms with E-state index < -0.39 is 22.6 Å². The number of ether oxygens (including phenoxy) is 1. The minimum atomic E-state index is -3.59. The first-order valence-corrected chi connectivity index (χ1v) is 11.1. The summed E-state index contributed by atoms with van der Waals surface area (Å²) in [5.74, 6) is 0.160. The molecule has 0 bridgehead atoms. The average molecular weight is 428 g/mol. The van der Waals surface area contributed by atoms with E-state index in [9.17, 15) is 13.2 Å². The molecule has 0 aliphatic carbocycles. The topological polar surface area (TPSA) is 83.9 Å². The van der Waals surface area contributed by atoms with E-state index in [0.717, 1.165) is 11.3 Å². The average Bonchev–Trinajstić information content (AvgIpc) is 3.10. The Morgan fingerprint density at radius 3 is 2.48 bits per heavy atom. The lowest BCUT2D eigenvalue weighted by Gasteiger charge is -2.23. The Kier molecular flexibility index (Phi) is 6.31. The number of carboxylic acid groups (broad SMARTS) is 1. The van der Waals surface area contributed by atoms with Crippen LogP contribution in [0.15, 0.2) is 53.4 Å². The summed E-state index contributed by atoms with van der Waals surface area (Å²) < 4.78 is 32.5. The molecule has 1 fully saturated rings. The number of hydrogen-bond acceptors (Lipinski definition) is 5. The van der Waals surface area contributed by atoms with Gasteiger partial charge in [0.05, 0.1) is 10.3 Å². The van der Waals surface area contributed by atoms with Gasteiger partial charge in [-0.15, -0.1) is 11.8 Å². The quantitative estimate of drug-likeness (QED) is 0.730. The van der Waals surface area contributed by atoms with Gasteiger partial charge in [0.25, 0.3) is 0 Å². The van der Waals surface area contributed by atoms with Crippen LogP contribution in [0.4, 0.5) is 0 Å². The molecular formula is C18H18ClNO5S2. The highest BCUT2D eigenvalue weighted by atomic mass is 35.5. The molecule has 144 valence electrons. The van der Waals surface area contributed by atoms with Crippen LogP contribution in [0.1, 0.15) is 5.56 Å². The predicted octanol–water partition coefficient (Wildman–Crippen LogP) is 3.11. The maximum atomic E-state index is 12.9. The minimum absolute atomic E-state index is 0.198. The van der Waals surface area contributed by atoms with Gasteiger partial charge in [0.15, 0.2) is 6.61 Å². The van der Waals surface area contributed by atoms with Crippen LogP contribution < -0.4 is 4.74 Å². The van der Waals surface area contributed by atoms with E-state index in [0.29, 0.717) is 23.7 Å². The first-order valence-electron chi connectivity index (χ1n) is 8.19. The highest BCUT2D eigenvalue weighted by molar-refractivity contribution is 8.01. The molecule has 1 atom stereocenters. The molecule has 0 radical (unpaired) electrons. The number of aliphatic carboxylic acids is 1. The van der Waals surface area contributed by atoms with Crippen molar-refractivity contribution in [3.8, 4) is 5.75 Å². The number of hydrogen-bond donors (Lipinski definition) is 1. The van der Waals surface area contributed by atoms with Crippen LogP contribution in [-0.2, 0) is 21.2 Å². The number of thioether (sulfide) groups is 1. The van der Waals surface area contributed by atoms with Crippen LogP contribution in [0.2, 0.25) is 5.02 Å². The summed E-state index contributed by atoms with van der Waals surface area (Å²) in [5, 5.41) is 8.93. The van der Waals surface area contributed by atoms with Crippen molar-refractivity contribution >= 4 is 39.4 Å². The number of benzene rings is 2. The van der Waals surface area contributed by atoms with Crippen LogP contribution in [-0.4, -0.2) is 48.1 Å². The van der Waals surface area contributed by atoms with E-state index >= 15 is 0 Å². The fraction of sp³-hybridized carbons (Fsp3) is 0.278. The van der Waals surface area contributed by atoms with Gasteiger partial charge >= 0.3 is 5.97 Å². The molecule has 3 rings (SSSR count). The summed E-state index contributed by atoms with van der Waals surface area (Å²) >= 11 is 7.45. The third-order valence-electron chi connectivity index (χ3n) is 4.06. The van der Waals surface area contributed by atoms with Crippen molar-refractivity contribution < 1.29 is 23.1 Å². The second-order valence-corrected chi connectivity index (χ2v) is 9.54. The standard InChI is InChI=1S/C18H18ClNO5S2/c19-14-3-7-16(8-4-14)27(23,24)20-9-10-26-17(20)11-13-1-5-15(6-2-13)25-12-18(21)22/h1-8,17H,9-12H2,(H,21,22). The molecule has 6 nitrogen and oxygen atoms in total. The summed E-state index contributed by atoms with van der Waals surface area (Å²) in [6.45, 7) is 0.0606. The Morgan fingerprint density at radius 1 is 1.19 bits per heavy atom. The molecule has 1 unspecified atom stereocenters. The van der Waals surface area contributed by atoms with Crippen LogP contribution >= 0.6 is 23.4 Å². The van der Waals surface area contributed by atoms with Crippen molar-refractivity contribution in [2.45, 2.75) is 16.7 Å². The van der Waals surface area contributed by atoms with Gasteiger partial charge in [-0.3, -0.25) is 0 Å². The third-order valence-corrected chi connectivity index (χ3v) is 7.59. The molecule has 2 aromatic rings. The maximum absolute atomic E-state index is 12.9. The molecule has 0 saturated carbocycles. The fourth-order valence-electron chi connectivity index (χ4n) is 2.75. The number of carboxylic acids is 1. The molecule has 0 aromatic heterocycles. The van der Waals surface area contributed by atoms with Crippen molar-refractivity contribution in [2.24, 2.45) is 0 Å². The lowest BCUT2D eigenvalue weighted by Crippen LogP contribution is -2.36. The highest BCUT2D eigenvalue weighted by Gasteiger charge is 2.35. The first kappa shape index (κ1) is 20.0. The Labute approximate surface area is 167 Å². The lowest BCUT2D eigenvalue weighted by molar-refractivity contribution is -0.139. The lowest BCUT2D eigenvalue weighted by atomic mass is 10.1. The number of carbonyl (C=O) groups is 1. The number of halogens is 1. The Hall–Kier alpha value is -1.74. The van der Waals surface area contributed by atoms with Crippen molar-refractivity contribution in [3.05, 3.63) is 59.1 Å². The van der Waals surface area contributed by atoms with Gasteiger partial charge in [-0.25, -0.2) is 13.2 Å². The maximum Gasteiger partial charge on any atom is 0.341 e. The minimum Gasteiger partial charge on any atom is -0.482 e. The smallest absolute Gasteiger partial charge is 0.341 e. The second-order valence-electron chi connectivity index (χ2n) is 5.93. The van der Waals surface area contributed by atoms with Gasteiger partial charge < -0.3 is 9.84 Å². The predicted molar refractivity (Wildman–Crippen MR) is 105 cm³/mol. The molecule has 1 heterocycles. The van der Waals surface area contributed by atoms with Gasteiger partial charge in [-0.05, 0) is 48.4 Å². The molecule has 1 N–H and O–H groups in total. The molecule has 1 aliphatic rings. The zero-order valence-corrected chi connectivity index (χ0v) is 16.6. The first-order chi connectivity index (χ1) is 12.9. The van der Waals surface area contributed by atoms with E-state index in [1.54, 1.807) is 36.0 Å². The Morgan fingerprint density at radius 2 is 1.85 bits per heavy atom. The third kappa shape index (κ3) is 4.95. The number of nitrogens with zero attached hydrogens (tertiary/aromatic N) is 1. The van der Waals surface area contributed by atoms with E-state index in [1.807, 2.05) is 12.1 Å². The SMILES string of the molecule is O=C(O)COc1ccc(CC2SCCN2S(=O)(=O)c2ccc(Cl)cc2)cc1. The molecule has 1 saturated heterocycles. The van der Waals surface area contributed by atoms with Crippen molar-refractivity contribution in [1.29, 1.82) is 0 Å². The molecule has 27 heavy (non-hydrogen) atoms. The van der Waals surface area contributed by atoms with Gasteiger partial charge in [0.1, 0.15) is 5.75 Å². The molecule has 2 aromatic carbocycles. The Balaban J connectivity index is 1.71. The van der Waals surface area contributed by atoms with Gasteiger partial charge in [0.2, 0.25) is 10.0 Å². The van der Waals surface area contributed by atoms with Gasteiger partial charge in [0, 0.05) is 17.3 Å². The van der Waals surface area contributed by atoms with E-state index in [2.05, 4.69) is 0 Å². The molecule has 9 heteroatoms. The largest absolute Gasteiger partial charge is 0.482 e. The summed E-state index contributed by atoms with van der Waals surface area (Å²) in [7, 11) is -3.59. The Bertz CT molecular complexity index is 900. The zero-order chi connectivity index (χ0) is 19.4. The van der Waals surface area contributed by atoms with Crippen LogP contribution in [0.5, 0.6) is 5.75 Å². The molecule has 0 spiro atoms. The van der Waals surface area contributed by atoms with Crippen molar-refractivity contribution in [1.82, 2.24) is 4.31 Å². The van der Waals surface area contributed by atoms with Crippen LogP contribution in [0.25, 0.3) is 0 Å². The molecule has 1 aliphatic heterocycles. The molecular weight excluding hydrogens is 410 g/mol. The van der Waals surface area contributed by atoms with Crippen LogP contribution in [0, 0.1) is 0 Å². The zero-order valence-electron chi connectivity index (χ0n) is 14.2. The second kappa shape index (κ2) is 8.52. The van der Waals surface area contributed by atoms with Crippen molar-refractivity contribution in [3.63, 3.8) is 0 Å². The summed E-state index contributed by atoms with van der Waals surface area (Å²) in [6, 6.07) is 13.2. The number of rotatable bonds is 7. The van der Waals surface area contributed by atoms with Crippen LogP contribution in [0.3, 0.4) is 0 Å². The fourth-order valence-corrected chi connectivity index (χ4v) is 6.14.